The first kappa shape index (κ1) is 28.0. The van der Waals surface area contributed by atoms with E-state index in [1.54, 1.807) is 0 Å². The minimum atomic E-state index is -4.51. The van der Waals surface area contributed by atoms with Crippen LogP contribution in [0.1, 0.15) is 70.0 Å². The van der Waals surface area contributed by atoms with Crippen LogP contribution in [0.2, 0.25) is 0 Å². The topological polar surface area (TPSA) is 29.5 Å². The normalized spacial score (nSPS) is 20.9. The van der Waals surface area contributed by atoms with Gasteiger partial charge in [0.25, 0.3) is 0 Å². The van der Waals surface area contributed by atoms with Crippen LogP contribution in [-0.2, 0) is 15.7 Å². The smallest absolute Gasteiger partial charge is 0.416 e. The lowest BCUT2D eigenvalue weighted by Gasteiger charge is -2.44. The van der Waals surface area contributed by atoms with Gasteiger partial charge in [0, 0.05) is 17.9 Å². The van der Waals surface area contributed by atoms with Gasteiger partial charge in [-0.25, -0.2) is 0 Å². The van der Waals surface area contributed by atoms with Crippen LogP contribution in [0.3, 0.4) is 0 Å². The van der Waals surface area contributed by atoms with Gasteiger partial charge in [-0.3, -0.25) is 9.69 Å². The van der Waals surface area contributed by atoms with Crippen molar-refractivity contribution < 1.29 is 35.9 Å². The second-order valence-electron chi connectivity index (χ2n) is 9.67. The Morgan fingerprint density at radius 3 is 2.24 bits per heavy atom. The molecule has 1 aliphatic heterocycles. The molecule has 0 N–H and O–H groups in total. The minimum Gasteiger partial charge on any atom is -0.469 e. The molecule has 0 aromatic heterocycles. The van der Waals surface area contributed by atoms with Gasteiger partial charge in [0.15, 0.2) is 0 Å². The molecule has 1 heterocycles. The number of methoxy groups -OCH3 is 1. The van der Waals surface area contributed by atoms with Gasteiger partial charge in [0.1, 0.15) is 0 Å². The largest absolute Gasteiger partial charge is 0.469 e. The van der Waals surface area contributed by atoms with Gasteiger partial charge in [-0.1, -0.05) is 24.0 Å². The molecule has 9 heteroatoms. The molecule has 1 aromatic rings. The Labute approximate surface area is 196 Å². The third kappa shape index (κ3) is 8.53. The van der Waals surface area contributed by atoms with Crippen LogP contribution >= 0.6 is 0 Å². The maximum atomic E-state index is 13.1. The molecule has 0 amide bonds. The molecular weight excluding hydrogens is 460 g/mol. The van der Waals surface area contributed by atoms with E-state index < -0.39 is 47.8 Å². The predicted molar refractivity (Wildman–Crippen MR) is 117 cm³/mol. The molecule has 3 atom stereocenters. The quantitative estimate of drug-likeness (QED) is 0.250. The van der Waals surface area contributed by atoms with Gasteiger partial charge in [0.2, 0.25) is 0 Å². The van der Waals surface area contributed by atoms with Crippen molar-refractivity contribution in [1.29, 1.82) is 0 Å². The second kappa shape index (κ2) is 11.0. The van der Waals surface area contributed by atoms with Crippen molar-refractivity contribution >= 4 is 5.97 Å². The number of piperidine rings is 1. The van der Waals surface area contributed by atoms with Gasteiger partial charge < -0.3 is 4.74 Å². The van der Waals surface area contributed by atoms with Crippen LogP contribution in [0.25, 0.3) is 0 Å². The summed E-state index contributed by atoms with van der Waals surface area (Å²) in [5, 5.41) is 0. The van der Waals surface area contributed by atoms with E-state index in [9.17, 15) is 31.1 Å². The zero-order valence-electron chi connectivity index (χ0n) is 19.8. The maximum absolute atomic E-state index is 13.1. The first-order valence-corrected chi connectivity index (χ1v) is 11.2. The highest BCUT2D eigenvalue weighted by atomic mass is 19.4. The third-order valence-corrected chi connectivity index (χ3v) is 5.75. The van der Waals surface area contributed by atoms with Crippen LogP contribution < -0.4 is 0 Å². The van der Waals surface area contributed by atoms with Gasteiger partial charge in [-0.2, -0.15) is 26.3 Å². The van der Waals surface area contributed by atoms with Crippen LogP contribution in [0.15, 0.2) is 24.3 Å². The molecular formula is C25H31F6NO2. The van der Waals surface area contributed by atoms with Crippen molar-refractivity contribution in [3.8, 4) is 11.8 Å². The van der Waals surface area contributed by atoms with E-state index in [0.29, 0.717) is 24.9 Å². The van der Waals surface area contributed by atoms with Crippen molar-refractivity contribution in [1.82, 2.24) is 4.90 Å². The lowest BCUT2D eigenvalue weighted by Crippen LogP contribution is -2.45. The fraction of sp³-hybridized carbons (Fsp3) is 0.640. The number of esters is 1. The standard InChI is InChI=1S/C25H31F6NO2/c1-23(2,3)13-11-20(12-14-24(26,27)28)32-15-5-6-18(16-21(33)34-4)22(32)17-7-9-19(10-8-17)25(29,30)31/h7-10,18,20,22H,5-6,12,14-16H2,1-4H3/t18-,20+,22-/m1/s1. The molecule has 1 aromatic carbocycles. The van der Waals surface area contributed by atoms with E-state index in [0.717, 1.165) is 12.1 Å². The highest BCUT2D eigenvalue weighted by molar-refractivity contribution is 5.69. The average Bonchev–Trinajstić information content (AvgIpc) is 2.71. The zero-order valence-corrected chi connectivity index (χ0v) is 19.8. The first-order chi connectivity index (χ1) is 15.6. The predicted octanol–water partition coefficient (Wildman–Crippen LogP) is 6.78. The number of rotatable bonds is 6. The number of nitrogens with zero attached hydrogens (tertiary/aromatic N) is 1. The fourth-order valence-corrected chi connectivity index (χ4v) is 4.22. The molecule has 190 valence electrons. The zero-order chi connectivity index (χ0) is 25.7. The average molecular weight is 492 g/mol. The summed E-state index contributed by atoms with van der Waals surface area (Å²) >= 11 is 0. The van der Waals surface area contributed by atoms with E-state index in [1.165, 1.54) is 19.2 Å². The van der Waals surface area contributed by atoms with E-state index in [1.807, 2.05) is 25.7 Å². The van der Waals surface area contributed by atoms with Crippen LogP contribution in [0.5, 0.6) is 0 Å². The monoisotopic (exact) mass is 491 g/mol. The van der Waals surface area contributed by atoms with E-state index in [4.69, 9.17) is 4.74 Å². The third-order valence-electron chi connectivity index (χ3n) is 5.75. The van der Waals surface area contributed by atoms with Crippen molar-refractivity contribution in [2.24, 2.45) is 11.3 Å². The summed E-state index contributed by atoms with van der Waals surface area (Å²) < 4.78 is 83.3. The van der Waals surface area contributed by atoms with Gasteiger partial charge in [-0.15, -0.1) is 0 Å². The fourth-order valence-electron chi connectivity index (χ4n) is 4.22. The molecule has 3 nitrogen and oxygen atoms in total. The van der Waals surface area contributed by atoms with Crippen LogP contribution in [0.4, 0.5) is 26.3 Å². The summed E-state index contributed by atoms with van der Waals surface area (Å²) in [4.78, 5) is 13.9. The van der Waals surface area contributed by atoms with Crippen LogP contribution in [0, 0.1) is 23.2 Å². The number of ether oxygens (including phenoxy) is 1. The summed E-state index contributed by atoms with van der Waals surface area (Å²) in [6.45, 7) is 5.98. The molecule has 0 saturated carbocycles. The Kier molecular flexibility index (Phi) is 9.09. The van der Waals surface area contributed by atoms with E-state index in [2.05, 4.69) is 11.8 Å². The Balaban J connectivity index is 2.51. The Hall–Kier alpha value is -2.21. The number of carbonyl (C=O) groups is 1. The molecule has 0 radical (unpaired) electrons. The lowest BCUT2D eigenvalue weighted by molar-refractivity contribution is -0.143. The molecule has 0 spiro atoms. The van der Waals surface area contributed by atoms with Crippen molar-refractivity contribution in [3.63, 3.8) is 0 Å². The molecule has 34 heavy (non-hydrogen) atoms. The number of hydrogen-bond acceptors (Lipinski definition) is 3. The summed E-state index contributed by atoms with van der Waals surface area (Å²) in [6.07, 6.45) is -8.95. The first-order valence-electron chi connectivity index (χ1n) is 11.2. The molecule has 1 fully saturated rings. The number of carbonyl (C=O) groups excluding carboxylic acids is 1. The number of halogens is 6. The summed E-state index contributed by atoms with van der Waals surface area (Å²) in [7, 11) is 1.25. The number of alkyl halides is 6. The maximum Gasteiger partial charge on any atom is 0.416 e. The number of likely N-dealkylation sites (tertiary alicyclic amines) is 1. The van der Waals surface area contributed by atoms with Gasteiger partial charge in [0.05, 0.1) is 25.1 Å². The van der Waals surface area contributed by atoms with Gasteiger partial charge >= 0.3 is 18.3 Å². The van der Waals surface area contributed by atoms with Crippen molar-refractivity contribution in [2.75, 3.05) is 13.7 Å². The summed E-state index contributed by atoms with van der Waals surface area (Å²) in [5.74, 6) is 5.22. The molecule has 0 unspecified atom stereocenters. The molecule has 1 saturated heterocycles. The van der Waals surface area contributed by atoms with Crippen molar-refractivity contribution in [3.05, 3.63) is 35.4 Å². The Morgan fingerprint density at radius 1 is 1.12 bits per heavy atom. The van der Waals surface area contributed by atoms with Crippen LogP contribution in [-0.4, -0.2) is 36.7 Å². The molecule has 0 bridgehead atoms. The lowest BCUT2D eigenvalue weighted by atomic mass is 9.81. The van der Waals surface area contributed by atoms with Crippen molar-refractivity contribution in [2.45, 2.75) is 77.3 Å². The molecule has 0 aliphatic carbocycles. The van der Waals surface area contributed by atoms with Gasteiger partial charge in [-0.05, 0) is 70.2 Å². The summed E-state index contributed by atoms with van der Waals surface area (Å²) in [6, 6.07) is 3.27. The Morgan fingerprint density at radius 2 is 1.74 bits per heavy atom. The highest BCUT2D eigenvalue weighted by Crippen LogP contribution is 2.41. The number of hydrogen-bond donors (Lipinski definition) is 0. The molecule has 2 rings (SSSR count). The SMILES string of the molecule is COC(=O)C[C@H]1CCCN([C@@H](C#CC(C)(C)C)CCC(F)(F)F)[C@@H]1c1ccc(C(F)(F)F)cc1. The number of benzene rings is 1. The van der Waals surface area contributed by atoms with E-state index >= 15 is 0 Å². The summed E-state index contributed by atoms with van der Waals surface area (Å²) in [5.41, 5.74) is -0.748. The second-order valence-corrected chi connectivity index (χ2v) is 9.67. The highest BCUT2D eigenvalue weighted by Gasteiger charge is 2.39. The Bertz CT molecular complexity index is 874. The molecule has 1 aliphatic rings. The van der Waals surface area contributed by atoms with E-state index in [-0.39, 0.29) is 18.8 Å². The minimum absolute atomic E-state index is 0.0113.